The molecule has 0 fully saturated rings. The standard InChI is InChI=1S/C13H7Cl2FIN3/c14-6-1-2-11(9(17)3-6)20-12-5-8(16)7(15)4-10(12)19-13(20)18/h1-5H,(H2,18,19). The highest BCUT2D eigenvalue weighted by Gasteiger charge is 2.15. The van der Waals surface area contributed by atoms with Crippen LogP contribution in [0.4, 0.5) is 10.3 Å². The van der Waals surface area contributed by atoms with E-state index >= 15 is 0 Å². The van der Waals surface area contributed by atoms with E-state index in [4.69, 9.17) is 28.9 Å². The van der Waals surface area contributed by atoms with Crippen molar-refractivity contribution in [3.63, 3.8) is 0 Å². The Bertz CT molecular complexity index is 832. The van der Waals surface area contributed by atoms with Crippen LogP contribution in [0, 0.1) is 9.39 Å². The van der Waals surface area contributed by atoms with Crippen LogP contribution in [0.5, 0.6) is 0 Å². The van der Waals surface area contributed by atoms with Gasteiger partial charge in [-0.25, -0.2) is 9.37 Å². The van der Waals surface area contributed by atoms with E-state index in [1.165, 1.54) is 12.1 Å². The maximum absolute atomic E-state index is 13.7. The second-order valence-electron chi connectivity index (χ2n) is 4.16. The molecule has 2 N–H and O–H groups in total. The molecule has 0 bridgehead atoms. The molecule has 1 aromatic heterocycles. The zero-order chi connectivity index (χ0) is 14.4. The number of anilines is 1. The zero-order valence-electron chi connectivity index (χ0n) is 9.87. The minimum atomic E-state index is -0.510. The number of benzene rings is 2. The van der Waals surface area contributed by atoms with Crippen LogP contribution in [0.1, 0.15) is 0 Å². The molecule has 0 aliphatic rings. The number of imidazole rings is 1. The van der Waals surface area contributed by atoms with Gasteiger partial charge in [-0.2, -0.15) is 0 Å². The molecule has 0 saturated heterocycles. The van der Waals surface area contributed by atoms with Gasteiger partial charge in [-0.15, -0.1) is 0 Å². The second-order valence-corrected chi connectivity index (χ2v) is 6.16. The van der Waals surface area contributed by atoms with E-state index in [0.29, 0.717) is 16.1 Å². The summed E-state index contributed by atoms with van der Waals surface area (Å²) in [5.41, 5.74) is 7.83. The molecular weight excluding hydrogens is 415 g/mol. The van der Waals surface area contributed by atoms with Gasteiger partial charge in [0.1, 0.15) is 5.82 Å². The van der Waals surface area contributed by atoms with Crippen LogP contribution in [-0.2, 0) is 0 Å². The Hall–Kier alpha value is -1.05. The number of rotatable bonds is 1. The first-order valence-corrected chi connectivity index (χ1v) is 7.39. The van der Waals surface area contributed by atoms with Crippen LogP contribution in [0.2, 0.25) is 10.0 Å². The predicted molar refractivity (Wildman–Crippen MR) is 88.2 cm³/mol. The summed E-state index contributed by atoms with van der Waals surface area (Å²) in [5, 5.41) is 0.642. The minimum absolute atomic E-state index is 0.0213. The third-order valence-corrected chi connectivity index (χ3v) is 4.26. The van der Waals surface area contributed by atoms with Crippen molar-refractivity contribution >= 4 is 62.8 Å². The molecule has 3 rings (SSSR count). The van der Waals surface area contributed by atoms with Gasteiger partial charge in [-0.3, -0.25) is 4.57 Å². The summed E-state index contributed by atoms with van der Waals surface area (Å²) in [6.45, 7) is 0. The molecule has 0 unspecified atom stereocenters. The lowest BCUT2D eigenvalue weighted by molar-refractivity contribution is 0.629. The number of nitrogen functional groups attached to an aromatic ring is 1. The molecule has 2 aromatic carbocycles. The van der Waals surface area contributed by atoms with Gasteiger partial charge in [0.05, 0.1) is 21.7 Å². The normalized spacial score (nSPS) is 11.2. The van der Waals surface area contributed by atoms with Crippen LogP contribution < -0.4 is 5.73 Å². The van der Waals surface area contributed by atoms with E-state index in [9.17, 15) is 4.39 Å². The van der Waals surface area contributed by atoms with Crippen molar-refractivity contribution in [2.24, 2.45) is 0 Å². The first kappa shape index (κ1) is 13.9. The molecule has 1 heterocycles. The summed E-state index contributed by atoms with van der Waals surface area (Å²) >= 11 is 13.9. The first-order chi connectivity index (χ1) is 9.47. The summed E-state index contributed by atoms with van der Waals surface area (Å²) in [4.78, 5) is 4.21. The monoisotopic (exact) mass is 421 g/mol. The van der Waals surface area contributed by atoms with E-state index < -0.39 is 5.82 Å². The van der Waals surface area contributed by atoms with E-state index in [2.05, 4.69) is 27.6 Å². The Morgan fingerprint density at radius 3 is 2.65 bits per heavy atom. The molecule has 0 aliphatic heterocycles. The van der Waals surface area contributed by atoms with Crippen molar-refractivity contribution in [1.29, 1.82) is 0 Å². The number of fused-ring (bicyclic) bond motifs is 1. The number of hydrogen-bond donors (Lipinski definition) is 1. The van der Waals surface area contributed by atoms with E-state index in [-0.39, 0.29) is 11.0 Å². The average Bonchev–Trinajstić information content (AvgIpc) is 2.66. The number of halogens is 4. The summed E-state index contributed by atoms with van der Waals surface area (Å²) in [6.07, 6.45) is 0. The molecule has 3 nitrogen and oxygen atoms in total. The molecule has 0 radical (unpaired) electrons. The maximum atomic E-state index is 13.7. The minimum Gasteiger partial charge on any atom is -0.369 e. The van der Waals surface area contributed by atoms with Crippen molar-refractivity contribution in [3.8, 4) is 5.69 Å². The van der Waals surface area contributed by atoms with E-state index in [0.717, 1.165) is 9.26 Å². The lowest BCUT2D eigenvalue weighted by Gasteiger charge is -2.09. The molecule has 7 heteroatoms. The summed E-state index contributed by atoms with van der Waals surface area (Å²) < 4.78 is 16.2. The van der Waals surface area contributed by atoms with Crippen LogP contribution in [0.25, 0.3) is 16.7 Å². The van der Waals surface area contributed by atoms with Gasteiger partial charge in [-0.05, 0) is 46.9 Å². The van der Waals surface area contributed by atoms with Crippen molar-refractivity contribution in [3.05, 3.63) is 49.8 Å². The van der Waals surface area contributed by atoms with Crippen LogP contribution in [-0.4, -0.2) is 9.55 Å². The van der Waals surface area contributed by atoms with Gasteiger partial charge < -0.3 is 5.73 Å². The smallest absolute Gasteiger partial charge is 0.205 e. The van der Waals surface area contributed by atoms with Gasteiger partial charge in [0.15, 0.2) is 0 Å². The maximum Gasteiger partial charge on any atom is 0.205 e. The number of hydrogen-bond acceptors (Lipinski definition) is 2. The Morgan fingerprint density at radius 2 is 1.95 bits per heavy atom. The highest BCUT2D eigenvalue weighted by atomic mass is 127. The Labute approximate surface area is 137 Å². The van der Waals surface area contributed by atoms with Gasteiger partial charge in [0.2, 0.25) is 5.95 Å². The van der Waals surface area contributed by atoms with Crippen LogP contribution in [0.3, 0.4) is 0 Å². The van der Waals surface area contributed by atoms with E-state index in [1.807, 2.05) is 6.07 Å². The van der Waals surface area contributed by atoms with Gasteiger partial charge in [-0.1, -0.05) is 23.2 Å². The SMILES string of the molecule is Nc1nc2cc(Cl)c(F)cc2n1-c1ccc(Cl)cc1I. The fraction of sp³-hybridized carbons (Fsp3) is 0. The Morgan fingerprint density at radius 1 is 1.20 bits per heavy atom. The van der Waals surface area contributed by atoms with Crippen LogP contribution in [0.15, 0.2) is 30.3 Å². The molecule has 20 heavy (non-hydrogen) atoms. The lowest BCUT2D eigenvalue weighted by Crippen LogP contribution is -2.02. The summed E-state index contributed by atoms with van der Waals surface area (Å²) in [5.74, 6) is -0.244. The number of aromatic nitrogens is 2. The average molecular weight is 422 g/mol. The summed E-state index contributed by atoms with van der Waals surface area (Å²) in [7, 11) is 0. The van der Waals surface area contributed by atoms with Crippen LogP contribution >= 0.6 is 45.8 Å². The quantitative estimate of drug-likeness (QED) is 0.581. The molecule has 0 spiro atoms. The summed E-state index contributed by atoms with van der Waals surface area (Å²) in [6, 6.07) is 8.15. The van der Waals surface area contributed by atoms with Crippen molar-refractivity contribution in [2.45, 2.75) is 0 Å². The van der Waals surface area contributed by atoms with Crippen molar-refractivity contribution in [1.82, 2.24) is 9.55 Å². The highest BCUT2D eigenvalue weighted by Crippen LogP contribution is 2.30. The Kier molecular flexibility index (Phi) is 3.51. The van der Waals surface area contributed by atoms with Crippen molar-refractivity contribution in [2.75, 3.05) is 5.73 Å². The zero-order valence-corrected chi connectivity index (χ0v) is 13.5. The molecule has 0 atom stereocenters. The fourth-order valence-electron chi connectivity index (χ4n) is 2.01. The second kappa shape index (κ2) is 5.05. The molecule has 102 valence electrons. The Balaban J connectivity index is 2.35. The topological polar surface area (TPSA) is 43.8 Å². The number of nitrogens with zero attached hydrogens (tertiary/aromatic N) is 2. The largest absolute Gasteiger partial charge is 0.369 e. The first-order valence-electron chi connectivity index (χ1n) is 5.56. The highest BCUT2D eigenvalue weighted by molar-refractivity contribution is 14.1. The lowest BCUT2D eigenvalue weighted by atomic mass is 10.2. The number of nitrogens with two attached hydrogens (primary N) is 1. The third kappa shape index (κ3) is 2.23. The van der Waals surface area contributed by atoms with Gasteiger partial charge >= 0.3 is 0 Å². The van der Waals surface area contributed by atoms with E-state index in [1.54, 1.807) is 16.7 Å². The van der Waals surface area contributed by atoms with Gasteiger partial charge in [0.25, 0.3) is 0 Å². The van der Waals surface area contributed by atoms with Gasteiger partial charge in [0, 0.05) is 14.7 Å². The molecular formula is C13H7Cl2FIN3. The van der Waals surface area contributed by atoms with Crippen molar-refractivity contribution < 1.29 is 4.39 Å². The fourth-order valence-corrected chi connectivity index (χ4v) is 3.28. The third-order valence-electron chi connectivity index (χ3n) is 2.87. The molecule has 0 amide bonds. The molecule has 3 aromatic rings. The molecule has 0 saturated carbocycles. The predicted octanol–water partition coefficient (Wildman–Crippen LogP) is 4.66. The molecule has 0 aliphatic carbocycles.